The summed E-state index contributed by atoms with van der Waals surface area (Å²) >= 11 is 0. The van der Waals surface area contributed by atoms with Crippen molar-refractivity contribution in [2.75, 3.05) is 6.61 Å². The number of benzene rings is 2. The Balaban J connectivity index is 1.63. The Labute approximate surface area is 137 Å². The molecular formula is C17H13N3O4. The number of fused-ring (bicyclic) bond motifs is 1. The minimum atomic E-state index is -0.521. The number of rotatable bonds is 4. The molecule has 0 unspecified atom stereocenters. The van der Waals surface area contributed by atoms with E-state index < -0.39 is 10.8 Å². The predicted octanol–water partition coefficient (Wildman–Crippen LogP) is 2.79. The van der Waals surface area contributed by atoms with Crippen LogP contribution in [-0.2, 0) is 0 Å². The van der Waals surface area contributed by atoms with E-state index in [2.05, 4.69) is 10.5 Å². The fraction of sp³-hybridized carbons (Fsp3) is 0.0588. The normalized spacial score (nSPS) is 12.9. The highest BCUT2D eigenvalue weighted by Gasteiger charge is 2.10. The Morgan fingerprint density at radius 3 is 2.71 bits per heavy atom. The van der Waals surface area contributed by atoms with Crippen LogP contribution in [-0.4, -0.2) is 23.7 Å². The van der Waals surface area contributed by atoms with Gasteiger partial charge in [-0.05, 0) is 24.3 Å². The molecule has 7 nitrogen and oxygen atoms in total. The van der Waals surface area contributed by atoms with Gasteiger partial charge in [-0.15, -0.1) is 0 Å². The molecule has 1 N–H and O–H groups in total. The number of nitrogens with one attached hydrogen (secondary N) is 1. The van der Waals surface area contributed by atoms with E-state index >= 15 is 0 Å². The molecule has 2 aromatic carbocycles. The van der Waals surface area contributed by atoms with E-state index in [0.717, 1.165) is 16.9 Å². The molecule has 1 amide bonds. The first-order chi connectivity index (χ1) is 11.6. The van der Waals surface area contributed by atoms with Gasteiger partial charge in [-0.3, -0.25) is 14.9 Å². The first-order valence-corrected chi connectivity index (χ1v) is 7.14. The summed E-state index contributed by atoms with van der Waals surface area (Å²) in [5.41, 5.74) is 4.37. The van der Waals surface area contributed by atoms with Crippen molar-refractivity contribution in [1.29, 1.82) is 0 Å². The molecular weight excluding hydrogens is 310 g/mol. The average molecular weight is 323 g/mol. The van der Waals surface area contributed by atoms with Crippen LogP contribution in [0.4, 0.5) is 5.69 Å². The van der Waals surface area contributed by atoms with Crippen molar-refractivity contribution in [2.24, 2.45) is 5.10 Å². The number of hydrogen-bond acceptors (Lipinski definition) is 5. The molecule has 24 heavy (non-hydrogen) atoms. The Morgan fingerprint density at radius 1 is 1.21 bits per heavy atom. The van der Waals surface area contributed by atoms with E-state index in [1.54, 1.807) is 0 Å². The summed E-state index contributed by atoms with van der Waals surface area (Å²) < 4.78 is 5.58. The van der Waals surface area contributed by atoms with E-state index in [9.17, 15) is 14.9 Å². The molecule has 0 spiro atoms. The number of amides is 1. The molecule has 0 aromatic heterocycles. The molecule has 0 fully saturated rings. The second-order valence-corrected chi connectivity index (χ2v) is 5.05. The van der Waals surface area contributed by atoms with E-state index in [0.29, 0.717) is 6.61 Å². The molecule has 120 valence electrons. The smallest absolute Gasteiger partial charge is 0.271 e. The van der Waals surface area contributed by atoms with Gasteiger partial charge in [0.1, 0.15) is 12.4 Å². The van der Waals surface area contributed by atoms with Crippen molar-refractivity contribution in [3.05, 3.63) is 75.3 Å². The van der Waals surface area contributed by atoms with Gasteiger partial charge in [0.15, 0.2) is 0 Å². The molecule has 0 saturated heterocycles. The first-order valence-electron chi connectivity index (χ1n) is 7.14. The highest BCUT2D eigenvalue weighted by Crippen LogP contribution is 2.24. The number of hydrazone groups is 1. The van der Waals surface area contributed by atoms with Gasteiger partial charge >= 0.3 is 0 Å². The molecule has 1 aliphatic rings. The third-order valence-corrected chi connectivity index (χ3v) is 3.39. The Kier molecular flexibility index (Phi) is 4.33. The second-order valence-electron chi connectivity index (χ2n) is 5.05. The number of nitrogens with zero attached hydrogens (tertiary/aromatic N) is 2. The third kappa shape index (κ3) is 3.46. The summed E-state index contributed by atoms with van der Waals surface area (Å²) in [6, 6.07) is 12.9. The lowest BCUT2D eigenvalue weighted by molar-refractivity contribution is -0.384. The lowest BCUT2D eigenvalue weighted by atomic mass is 10.1. The lowest BCUT2D eigenvalue weighted by Crippen LogP contribution is -2.18. The zero-order valence-corrected chi connectivity index (χ0v) is 12.5. The minimum absolute atomic E-state index is 0.0711. The zero-order valence-electron chi connectivity index (χ0n) is 12.5. The first kappa shape index (κ1) is 15.4. The number of para-hydroxylation sites is 1. The van der Waals surface area contributed by atoms with Crippen LogP contribution in [0, 0.1) is 10.1 Å². The van der Waals surface area contributed by atoms with Gasteiger partial charge in [0.05, 0.1) is 11.1 Å². The fourth-order valence-corrected chi connectivity index (χ4v) is 2.18. The van der Waals surface area contributed by atoms with E-state index in [4.69, 9.17) is 4.74 Å². The maximum absolute atomic E-state index is 11.9. The summed E-state index contributed by atoms with van der Waals surface area (Å²) in [5.74, 6) is 0.364. The van der Waals surface area contributed by atoms with Gasteiger partial charge in [-0.25, -0.2) is 5.43 Å². The Morgan fingerprint density at radius 2 is 1.96 bits per heavy atom. The molecule has 0 bridgehead atoms. The standard InChI is InChI=1S/C17H13N3O4/c21-17(13-5-7-15(8-6-13)20(22)23)19-18-10-12-9-14-3-1-2-4-16(14)24-11-12/h1-10H,11H2,(H,19,21)/b18-10+. The van der Waals surface area contributed by atoms with Crippen LogP contribution >= 0.6 is 0 Å². The second kappa shape index (κ2) is 6.74. The fourth-order valence-electron chi connectivity index (χ4n) is 2.18. The van der Waals surface area contributed by atoms with Crippen LogP contribution in [0.1, 0.15) is 15.9 Å². The molecule has 0 aliphatic carbocycles. The topological polar surface area (TPSA) is 93.8 Å². The maximum Gasteiger partial charge on any atom is 0.271 e. The summed E-state index contributed by atoms with van der Waals surface area (Å²) in [6.45, 7) is 0.369. The highest BCUT2D eigenvalue weighted by atomic mass is 16.6. The molecule has 1 aliphatic heterocycles. The Hall–Kier alpha value is -3.48. The maximum atomic E-state index is 11.9. The number of hydrogen-bond donors (Lipinski definition) is 1. The molecule has 0 saturated carbocycles. The van der Waals surface area contributed by atoms with Gasteiger partial charge in [-0.2, -0.15) is 5.10 Å². The van der Waals surface area contributed by atoms with Gasteiger partial charge in [0, 0.05) is 28.8 Å². The van der Waals surface area contributed by atoms with Gasteiger partial charge in [0.2, 0.25) is 0 Å². The van der Waals surface area contributed by atoms with Crippen LogP contribution in [0.25, 0.3) is 6.08 Å². The number of carbonyl (C=O) groups is 1. The zero-order chi connectivity index (χ0) is 16.9. The van der Waals surface area contributed by atoms with E-state index in [1.807, 2.05) is 30.3 Å². The molecule has 3 rings (SSSR count). The molecule has 1 heterocycles. The van der Waals surface area contributed by atoms with Gasteiger partial charge < -0.3 is 4.74 Å². The SMILES string of the molecule is O=C(N/N=C/C1=Cc2ccccc2OC1)c1ccc([N+](=O)[O-])cc1. The van der Waals surface area contributed by atoms with Crippen molar-refractivity contribution >= 4 is 23.9 Å². The number of nitro benzene ring substituents is 1. The molecule has 0 atom stereocenters. The van der Waals surface area contributed by atoms with E-state index in [-0.39, 0.29) is 11.3 Å². The molecule has 2 aromatic rings. The van der Waals surface area contributed by atoms with Crippen LogP contribution in [0.5, 0.6) is 5.75 Å². The number of non-ortho nitro benzene ring substituents is 1. The molecule has 0 radical (unpaired) electrons. The van der Waals surface area contributed by atoms with Crippen molar-refractivity contribution in [3.8, 4) is 5.75 Å². The highest BCUT2D eigenvalue weighted by molar-refractivity contribution is 5.95. The number of nitro groups is 1. The minimum Gasteiger partial charge on any atom is -0.488 e. The van der Waals surface area contributed by atoms with Crippen LogP contribution in [0.15, 0.2) is 59.2 Å². The van der Waals surface area contributed by atoms with Crippen molar-refractivity contribution in [3.63, 3.8) is 0 Å². The summed E-state index contributed by atoms with van der Waals surface area (Å²) in [4.78, 5) is 22.0. The lowest BCUT2D eigenvalue weighted by Gasteiger charge is -2.15. The quantitative estimate of drug-likeness (QED) is 0.532. The van der Waals surface area contributed by atoms with Crippen LogP contribution < -0.4 is 10.2 Å². The van der Waals surface area contributed by atoms with Gasteiger partial charge in [0.25, 0.3) is 11.6 Å². The summed E-state index contributed by atoms with van der Waals surface area (Å²) in [6.07, 6.45) is 3.44. The average Bonchev–Trinajstić information content (AvgIpc) is 2.61. The summed E-state index contributed by atoms with van der Waals surface area (Å²) in [7, 11) is 0. The monoisotopic (exact) mass is 323 g/mol. The predicted molar refractivity (Wildman–Crippen MR) is 89.0 cm³/mol. The van der Waals surface area contributed by atoms with E-state index in [1.165, 1.54) is 30.5 Å². The van der Waals surface area contributed by atoms with Crippen molar-refractivity contribution < 1.29 is 14.5 Å². The Bertz CT molecular complexity index is 841. The van der Waals surface area contributed by atoms with Gasteiger partial charge in [-0.1, -0.05) is 18.2 Å². The number of ether oxygens (including phenoxy) is 1. The van der Waals surface area contributed by atoms with Crippen molar-refractivity contribution in [1.82, 2.24) is 5.43 Å². The van der Waals surface area contributed by atoms with Crippen LogP contribution in [0.3, 0.4) is 0 Å². The largest absolute Gasteiger partial charge is 0.488 e. The van der Waals surface area contributed by atoms with Crippen LogP contribution in [0.2, 0.25) is 0 Å². The number of carbonyl (C=O) groups excluding carboxylic acids is 1. The third-order valence-electron chi connectivity index (χ3n) is 3.39. The van der Waals surface area contributed by atoms with Crippen molar-refractivity contribution in [2.45, 2.75) is 0 Å². The molecule has 7 heteroatoms. The summed E-state index contributed by atoms with van der Waals surface area (Å²) in [5, 5.41) is 14.5.